The molecule has 28 heteroatoms. The van der Waals surface area contributed by atoms with Gasteiger partial charge in [-0.1, -0.05) is 21.6 Å². The first-order chi connectivity index (χ1) is 31.6. The van der Waals surface area contributed by atoms with Crippen LogP contribution in [0.4, 0.5) is 41.9 Å². The number of hydrogen-bond acceptors (Lipinski definition) is 20. The summed E-state index contributed by atoms with van der Waals surface area (Å²) in [6, 6.07) is 21.0. The molecule has 0 aromatic heterocycles. The lowest BCUT2D eigenvalue weighted by Gasteiger charge is -2.12. The molecule has 0 heterocycles. The first kappa shape index (κ1) is 50.2. The zero-order valence-corrected chi connectivity index (χ0v) is 35.6. The van der Waals surface area contributed by atoms with Crippen molar-refractivity contribution in [2.24, 2.45) is 9.98 Å². The molecule has 0 saturated heterocycles. The number of ether oxygens (including phenoxy) is 4. The Morgan fingerprint density at radius 2 is 0.621 bits per heavy atom. The van der Waals surface area contributed by atoms with Crippen molar-refractivity contribution >= 4 is 80.6 Å². The van der Waals surface area contributed by atoms with E-state index in [1.807, 2.05) is 0 Å². The van der Waals surface area contributed by atoms with E-state index in [0.29, 0.717) is 33.8 Å². The van der Waals surface area contributed by atoms with Gasteiger partial charge >= 0.3 is 24.4 Å². The highest BCUT2D eigenvalue weighted by Crippen LogP contribution is 2.20. The molecule has 0 aliphatic heterocycles. The molecule has 0 fully saturated rings. The van der Waals surface area contributed by atoms with Gasteiger partial charge in [-0.25, -0.2) is 19.2 Å². The zero-order valence-electron chi connectivity index (χ0n) is 33.9. The molecule has 0 unspecified atom stereocenters. The van der Waals surface area contributed by atoms with Crippen molar-refractivity contribution in [2.45, 2.75) is 26.4 Å². The number of carbonyl (C=O) groups excluding carboxylic acids is 4. The molecule has 346 valence electrons. The van der Waals surface area contributed by atoms with E-state index >= 15 is 0 Å². The normalized spacial score (nSPS) is 10.2. The molecule has 0 aliphatic rings. The van der Waals surface area contributed by atoms with E-state index in [9.17, 15) is 59.6 Å². The van der Waals surface area contributed by atoms with Crippen LogP contribution >= 0.6 is 21.6 Å². The second-order valence-electron chi connectivity index (χ2n) is 12.6. The lowest BCUT2D eigenvalue weighted by Crippen LogP contribution is -2.44. The Morgan fingerprint density at radius 1 is 0.409 bits per heavy atom. The highest BCUT2D eigenvalue weighted by atomic mass is 33.1. The van der Waals surface area contributed by atoms with Crippen molar-refractivity contribution in [1.29, 1.82) is 0 Å². The van der Waals surface area contributed by atoms with Crippen LogP contribution in [0.25, 0.3) is 0 Å². The van der Waals surface area contributed by atoms with Crippen LogP contribution in [0.5, 0.6) is 0 Å². The Kier molecular flexibility index (Phi) is 20.0. The fraction of sp³-hybridized carbons (Fsp3) is 0.211. The van der Waals surface area contributed by atoms with E-state index in [-0.39, 0.29) is 74.2 Å². The summed E-state index contributed by atoms with van der Waals surface area (Å²) in [6.45, 7) is -1.08. The first-order valence-electron chi connectivity index (χ1n) is 18.7. The average Bonchev–Trinajstić information content (AvgIpc) is 3.30. The van der Waals surface area contributed by atoms with Crippen molar-refractivity contribution in [3.63, 3.8) is 0 Å². The maximum atomic E-state index is 12.6. The topological polar surface area (TPSA) is 351 Å². The molecule has 0 aliphatic carbocycles. The number of amides is 4. The van der Waals surface area contributed by atoms with E-state index in [1.165, 1.54) is 119 Å². The second-order valence-corrected chi connectivity index (χ2v) is 15.3. The minimum Gasteiger partial charge on any atom is -0.444 e. The maximum Gasteiger partial charge on any atom is 0.414 e. The summed E-state index contributed by atoms with van der Waals surface area (Å²) in [5.74, 6) is -0.0836. The number of rotatable bonds is 19. The zero-order chi connectivity index (χ0) is 47.8. The van der Waals surface area contributed by atoms with Gasteiger partial charge in [-0.2, -0.15) is 0 Å². The van der Waals surface area contributed by atoms with Gasteiger partial charge in [-0.15, -0.1) is 0 Å². The molecule has 4 aromatic carbocycles. The van der Waals surface area contributed by atoms with Gasteiger partial charge in [0.25, 0.3) is 22.7 Å². The van der Waals surface area contributed by atoms with Crippen molar-refractivity contribution in [3.8, 4) is 0 Å². The molecule has 0 atom stereocenters. The smallest absolute Gasteiger partial charge is 0.414 e. The van der Waals surface area contributed by atoms with Crippen LogP contribution in [-0.2, 0) is 45.4 Å². The standard InChI is InChI=1S/C38H36N10O16S2/c49-35(61-21-25-1-9-29(10-2-25)45(53)54)41-33(42-36(50)62-22-26-3-11-30(12-4-26)46(55)56)39-17-19-65-66-20-18-40-34(43-37(51)63-23-27-5-13-31(14-6-27)47(57)58)44-38(52)64-24-28-7-15-32(16-8-28)48(59)60/h1-16H,17-24H2,(H2,39,41,42,49,50)(H2,40,43,44,51,52). The van der Waals surface area contributed by atoms with Crippen molar-refractivity contribution in [3.05, 3.63) is 160 Å². The van der Waals surface area contributed by atoms with Crippen LogP contribution in [0.1, 0.15) is 22.3 Å². The third kappa shape index (κ3) is 18.5. The molecule has 0 bridgehead atoms. The Balaban J connectivity index is 1.30. The SMILES string of the molecule is O=C(NC(=NCCSSCCN=C(NC(=O)OCc1ccc([N+](=O)[O-])cc1)NC(=O)OCc1ccc([N+](=O)[O-])cc1)NC(=O)OCc1ccc([N+](=O)[O-])cc1)OCc1ccc([N+](=O)[O-])cc1. The van der Waals surface area contributed by atoms with Crippen LogP contribution in [-0.4, -0.2) is 80.6 Å². The lowest BCUT2D eigenvalue weighted by atomic mass is 10.2. The van der Waals surface area contributed by atoms with Gasteiger partial charge < -0.3 is 18.9 Å². The first-order valence-corrected chi connectivity index (χ1v) is 21.2. The summed E-state index contributed by atoms with van der Waals surface area (Å²) >= 11 is 0. The molecular weight excluding hydrogens is 917 g/mol. The largest absolute Gasteiger partial charge is 0.444 e. The number of aliphatic imine (C=N–C) groups is 2. The monoisotopic (exact) mass is 952 g/mol. The van der Waals surface area contributed by atoms with Gasteiger partial charge in [0.2, 0.25) is 11.9 Å². The minimum absolute atomic E-state index is 0.0249. The van der Waals surface area contributed by atoms with Gasteiger partial charge in [0, 0.05) is 60.0 Å². The number of nitrogens with zero attached hydrogens (tertiary/aromatic N) is 6. The van der Waals surface area contributed by atoms with Crippen molar-refractivity contribution in [2.75, 3.05) is 24.6 Å². The van der Waals surface area contributed by atoms with Crippen LogP contribution in [0.15, 0.2) is 107 Å². The third-order valence-corrected chi connectivity index (χ3v) is 10.3. The Bertz CT molecular complexity index is 2100. The van der Waals surface area contributed by atoms with Gasteiger partial charge in [-0.05, 0) is 70.8 Å². The molecule has 66 heavy (non-hydrogen) atoms. The van der Waals surface area contributed by atoms with E-state index in [4.69, 9.17) is 18.9 Å². The number of nitro groups is 4. The highest BCUT2D eigenvalue weighted by molar-refractivity contribution is 8.76. The number of hydrogen-bond donors (Lipinski definition) is 4. The summed E-state index contributed by atoms with van der Waals surface area (Å²) in [4.78, 5) is 100. The van der Waals surface area contributed by atoms with E-state index in [2.05, 4.69) is 31.3 Å². The van der Waals surface area contributed by atoms with Crippen LogP contribution in [0.3, 0.4) is 0 Å². The number of nitro benzene ring substituents is 4. The summed E-state index contributed by atoms with van der Waals surface area (Å²) in [5, 5.41) is 52.9. The van der Waals surface area contributed by atoms with Gasteiger partial charge in [0.1, 0.15) is 26.4 Å². The Hall–Kier alpha value is -8.40. The molecule has 4 rings (SSSR count). The van der Waals surface area contributed by atoms with E-state index in [0.717, 1.165) is 0 Å². The summed E-state index contributed by atoms with van der Waals surface area (Å²) in [5.41, 5.74) is 1.08. The average molecular weight is 953 g/mol. The number of non-ortho nitro benzene ring substituents is 4. The maximum absolute atomic E-state index is 12.6. The van der Waals surface area contributed by atoms with Crippen LogP contribution in [0, 0.1) is 40.5 Å². The number of guanidine groups is 2. The van der Waals surface area contributed by atoms with Crippen molar-refractivity contribution < 1.29 is 57.8 Å². The predicted octanol–water partition coefficient (Wildman–Crippen LogP) is 6.42. The predicted molar refractivity (Wildman–Crippen MR) is 235 cm³/mol. The second kappa shape index (κ2) is 26.3. The van der Waals surface area contributed by atoms with Crippen LogP contribution in [0.2, 0.25) is 0 Å². The fourth-order valence-electron chi connectivity index (χ4n) is 4.71. The van der Waals surface area contributed by atoms with Gasteiger partial charge in [0.15, 0.2) is 0 Å². The molecule has 4 amide bonds. The fourth-order valence-corrected chi connectivity index (χ4v) is 6.43. The number of nitrogens with one attached hydrogen (secondary N) is 4. The summed E-state index contributed by atoms with van der Waals surface area (Å²) in [6.07, 6.45) is -4.14. The highest BCUT2D eigenvalue weighted by Gasteiger charge is 2.16. The van der Waals surface area contributed by atoms with Gasteiger partial charge in [0.05, 0.1) is 32.8 Å². The summed E-state index contributed by atoms with van der Waals surface area (Å²) in [7, 11) is 2.60. The molecule has 0 saturated carbocycles. The lowest BCUT2D eigenvalue weighted by molar-refractivity contribution is -0.385. The van der Waals surface area contributed by atoms with Crippen LogP contribution < -0.4 is 21.3 Å². The molecule has 26 nitrogen and oxygen atoms in total. The van der Waals surface area contributed by atoms with E-state index < -0.39 is 44.1 Å². The Morgan fingerprint density at radius 3 is 0.818 bits per heavy atom. The molecule has 0 spiro atoms. The van der Waals surface area contributed by atoms with Gasteiger partial charge in [-0.3, -0.25) is 71.7 Å². The quantitative estimate of drug-likeness (QED) is 0.0150. The summed E-state index contributed by atoms with van der Waals surface area (Å²) < 4.78 is 20.6. The number of alkyl carbamates (subject to hydrolysis) is 4. The minimum atomic E-state index is -1.04. The third-order valence-electron chi connectivity index (χ3n) is 7.92. The molecule has 4 N–H and O–H groups in total. The number of carbonyl (C=O) groups is 4. The molecule has 0 radical (unpaired) electrons. The molecule has 4 aromatic rings. The molecular formula is C38H36N10O16S2. The van der Waals surface area contributed by atoms with Crippen molar-refractivity contribution in [1.82, 2.24) is 21.3 Å². The van der Waals surface area contributed by atoms with E-state index in [1.54, 1.807) is 0 Å². The Labute approximate surface area is 379 Å². The number of benzene rings is 4.